The van der Waals surface area contributed by atoms with E-state index in [9.17, 15) is 4.79 Å². The molecule has 4 nitrogen and oxygen atoms in total. The second-order valence-electron chi connectivity index (χ2n) is 7.01. The normalized spacial score (nSPS) is 16.8. The van der Waals surface area contributed by atoms with Crippen LogP contribution in [0.2, 0.25) is 0 Å². The van der Waals surface area contributed by atoms with Gasteiger partial charge in [0.25, 0.3) is 5.91 Å². The van der Waals surface area contributed by atoms with Crippen molar-refractivity contribution in [1.82, 2.24) is 9.88 Å². The van der Waals surface area contributed by atoms with E-state index < -0.39 is 0 Å². The van der Waals surface area contributed by atoms with Crippen LogP contribution in [-0.4, -0.2) is 42.5 Å². The minimum atomic E-state index is -0.00564. The summed E-state index contributed by atoms with van der Waals surface area (Å²) in [4.78, 5) is 21.5. The third kappa shape index (κ3) is 3.40. The Morgan fingerprint density at radius 3 is 2.69 bits per heavy atom. The molecule has 0 radical (unpaired) electrons. The first-order valence-corrected chi connectivity index (χ1v) is 9.12. The predicted molar refractivity (Wildman–Crippen MR) is 105 cm³/mol. The van der Waals surface area contributed by atoms with Crippen molar-refractivity contribution in [2.75, 3.05) is 31.6 Å². The molecule has 132 valence electrons. The first-order chi connectivity index (χ1) is 12.7. The summed E-state index contributed by atoms with van der Waals surface area (Å²) < 4.78 is 0. The second-order valence-corrected chi connectivity index (χ2v) is 7.01. The van der Waals surface area contributed by atoms with Gasteiger partial charge in [-0.15, -0.1) is 0 Å². The number of anilines is 1. The van der Waals surface area contributed by atoms with Gasteiger partial charge in [0, 0.05) is 37.8 Å². The van der Waals surface area contributed by atoms with E-state index >= 15 is 0 Å². The van der Waals surface area contributed by atoms with Crippen LogP contribution >= 0.6 is 0 Å². The molecule has 0 saturated carbocycles. The molecule has 1 unspecified atom stereocenters. The highest BCUT2D eigenvalue weighted by Gasteiger charge is 2.25. The number of pyridine rings is 1. The number of para-hydroxylation sites is 2. The Bertz CT molecular complexity index is 909. The molecule has 26 heavy (non-hydrogen) atoms. The van der Waals surface area contributed by atoms with Crippen LogP contribution in [0.1, 0.15) is 16.9 Å². The molecule has 2 aromatic carbocycles. The SMILES string of the molecule is CN(CC1CCN(c2ccccc2)C1)C(=O)c1ccc2ccccc2n1. The maximum absolute atomic E-state index is 12.8. The number of carbonyl (C=O) groups is 1. The Hall–Kier alpha value is -2.88. The molecule has 1 aromatic heterocycles. The molecule has 1 aliphatic rings. The molecule has 4 rings (SSSR count). The van der Waals surface area contributed by atoms with E-state index in [1.54, 1.807) is 0 Å². The predicted octanol–water partition coefficient (Wildman–Crippen LogP) is 3.83. The average Bonchev–Trinajstić information content (AvgIpc) is 3.16. The van der Waals surface area contributed by atoms with Crippen molar-refractivity contribution in [3.05, 3.63) is 72.4 Å². The van der Waals surface area contributed by atoms with Gasteiger partial charge in [0.2, 0.25) is 0 Å². The number of carbonyl (C=O) groups excluding carboxylic acids is 1. The fourth-order valence-electron chi connectivity index (χ4n) is 3.71. The highest BCUT2D eigenvalue weighted by atomic mass is 16.2. The van der Waals surface area contributed by atoms with E-state index in [0.29, 0.717) is 11.6 Å². The lowest BCUT2D eigenvalue weighted by atomic mass is 10.1. The van der Waals surface area contributed by atoms with Crippen molar-refractivity contribution in [3.8, 4) is 0 Å². The number of aromatic nitrogens is 1. The molecule has 1 fully saturated rings. The van der Waals surface area contributed by atoms with Crippen LogP contribution < -0.4 is 4.90 Å². The number of benzene rings is 2. The van der Waals surface area contributed by atoms with Crippen molar-refractivity contribution < 1.29 is 4.79 Å². The van der Waals surface area contributed by atoms with E-state index in [4.69, 9.17) is 0 Å². The Kier molecular flexibility index (Phi) is 4.57. The van der Waals surface area contributed by atoms with Crippen molar-refractivity contribution in [2.24, 2.45) is 5.92 Å². The Morgan fingerprint density at radius 1 is 1.08 bits per heavy atom. The van der Waals surface area contributed by atoms with Crippen LogP contribution in [0.4, 0.5) is 5.69 Å². The third-order valence-corrected chi connectivity index (χ3v) is 5.10. The lowest BCUT2D eigenvalue weighted by molar-refractivity contribution is 0.0771. The van der Waals surface area contributed by atoms with E-state index in [1.165, 1.54) is 5.69 Å². The van der Waals surface area contributed by atoms with Crippen LogP contribution in [0, 0.1) is 5.92 Å². The fraction of sp³-hybridized carbons (Fsp3) is 0.273. The molecule has 1 aliphatic heterocycles. The molecule has 0 aliphatic carbocycles. The van der Waals surface area contributed by atoms with Crippen LogP contribution in [0.3, 0.4) is 0 Å². The summed E-state index contributed by atoms with van der Waals surface area (Å²) in [6, 6.07) is 22.2. The van der Waals surface area contributed by atoms with Gasteiger partial charge in [-0.3, -0.25) is 4.79 Å². The smallest absolute Gasteiger partial charge is 0.272 e. The summed E-state index contributed by atoms with van der Waals surface area (Å²) in [6.07, 6.45) is 1.11. The van der Waals surface area contributed by atoms with Crippen LogP contribution in [0.5, 0.6) is 0 Å². The molecular formula is C22H23N3O. The number of hydrogen-bond donors (Lipinski definition) is 0. The quantitative estimate of drug-likeness (QED) is 0.721. The van der Waals surface area contributed by atoms with Gasteiger partial charge >= 0.3 is 0 Å². The summed E-state index contributed by atoms with van der Waals surface area (Å²) >= 11 is 0. The van der Waals surface area contributed by atoms with E-state index in [-0.39, 0.29) is 5.91 Å². The molecule has 0 N–H and O–H groups in total. The molecule has 1 saturated heterocycles. The number of rotatable bonds is 4. The van der Waals surface area contributed by atoms with Crippen LogP contribution in [0.25, 0.3) is 10.9 Å². The highest BCUT2D eigenvalue weighted by Crippen LogP contribution is 2.24. The summed E-state index contributed by atoms with van der Waals surface area (Å²) in [6.45, 7) is 2.80. The van der Waals surface area contributed by atoms with Gasteiger partial charge in [0.05, 0.1) is 5.52 Å². The number of amides is 1. The van der Waals surface area contributed by atoms with Gasteiger partial charge in [-0.2, -0.15) is 0 Å². The van der Waals surface area contributed by atoms with Gasteiger partial charge in [-0.25, -0.2) is 4.98 Å². The molecule has 2 heterocycles. The summed E-state index contributed by atoms with van der Waals surface area (Å²) in [5, 5.41) is 1.06. The first-order valence-electron chi connectivity index (χ1n) is 9.12. The van der Waals surface area contributed by atoms with Crippen molar-refractivity contribution >= 4 is 22.5 Å². The fourth-order valence-corrected chi connectivity index (χ4v) is 3.71. The third-order valence-electron chi connectivity index (χ3n) is 5.10. The molecule has 1 atom stereocenters. The van der Waals surface area contributed by atoms with E-state index in [1.807, 2.05) is 54.4 Å². The summed E-state index contributed by atoms with van der Waals surface area (Å²) in [5.41, 5.74) is 2.65. The Labute approximate surface area is 154 Å². The van der Waals surface area contributed by atoms with E-state index in [0.717, 1.165) is 37.0 Å². The number of nitrogens with zero attached hydrogens (tertiary/aromatic N) is 3. The Balaban J connectivity index is 1.41. The van der Waals surface area contributed by atoms with Gasteiger partial charge < -0.3 is 9.80 Å². The maximum Gasteiger partial charge on any atom is 0.272 e. The van der Waals surface area contributed by atoms with Crippen molar-refractivity contribution in [1.29, 1.82) is 0 Å². The topological polar surface area (TPSA) is 36.4 Å². The number of hydrogen-bond acceptors (Lipinski definition) is 3. The van der Waals surface area contributed by atoms with Gasteiger partial charge in [0.15, 0.2) is 0 Å². The van der Waals surface area contributed by atoms with Crippen molar-refractivity contribution in [3.63, 3.8) is 0 Å². The monoisotopic (exact) mass is 345 g/mol. The average molecular weight is 345 g/mol. The van der Waals surface area contributed by atoms with Gasteiger partial charge in [0.1, 0.15) is 5.69 Å². The van der Waals surface area contributed by atoms with Gasteiger partial charge in [-0.05, 0) is 36.6 Å². The molecule has 1 amide bonds. The highest BCUT2D eigenvalue weighted by molar-refractivity contribution is 5.94. The zero-order valence-corrected chi connectivity index (χ0v) is 15.0. The number of fused-ring (bicyclic) bond motifs is 1. The maximum atomic E-state index is 12.8. The first kappa shape index (κ1) is 16.6. The molecule has 3 aromatic rings. The minimum absolute atomic E-state index is 0.00564. The zero-order chi connectivity index (χ0) is 17.9. The molecule has 0 spiro atoms. The molecule has 0 bridgehead atoms. The molecule has 4 heteroatoms. The van der Waals surface area contributed by atoms with Crippen LogP contribution in [0.15, 0.2) is 66.7 Å². The molecular weight excluding hydrogens is 322 g/mol. The Morgan fingerprint density at radius 2 is 1.85 bits per heavy atom. The zero-order valence-electron chi connectivity index (χ0n) is 15.0. The minimum Gasteiger partial charge on any atom is -0.371 e. The lowest BCUT2D eigenvalue weighted by Crippen LogP contribution is -2.33. The standard InChI is InChI=1S/C22H23N3O/c1-24(15-17-13-14-25(16-17)19-8-3-2-4-9-19)22(26)21-12-11-18-7-5-6-10-20(18)23-21/h2-12,17H,13-16H2,1H3. The second kappa shape index (κ2) is 7.16. The summed E-state index contributed by atoms with van der Waals surface area (Å²) in [7, 11) is 1.88. The van der Waals surface area contributed by atoms with Gasteiger partial charge in [-0.1, -0.05) is 42.5 Å². The summed E-state index contributed by atoms with van der Waals surface area (Å²) in [5.74, 6) is 0.485. The van der Waals surface area contributed by atoms with Crippen LogP contribution in [-0.2, 0) is 0 Å². The van der Waals surface area contributed by atoms with E-state index in [2.05, 4.69) is 34.1 Å². The largest absolute Gasteiger partial charge is 0.371 e. The van der Waals surface area contributed by atoms with Crippen molar-refractivity contribution in [2.45, 2.75) is 6.42 Å². The lowest BCUT2D eigenvalue weighted by Gasteiger charge is -2.22.